The zero-order chi connectivity index (χ0) is 16.4. The Morgan fingerprint density at radius 2 is 1.96 bits per heavy atom. The molecule has 1 aliphatic heterocycles. The van der Waals surface area contributed by atoms with Crippen molar-refractivity contribution in [3.05, 3.63) is 35.9 Å². The summed E-state index contributed by atoms with van der Waals surface area (Å²) >= 11 is 0. The molecule has 5 nitrogen and oxygen atoms in total. The quantitative estimate of drug-likeness (QED) is 0.852. The first-order chi connectivity index (χ1) is 11.1. The maximum absolute atomic E-state index is 12.4. The Labute approximate surface area is 136 Å². The Bertz CT molecular complexity index is 578. The highest BCUT2D eigenvalue weighted by Crippen LogP contribution is 2.59. The number of ether oxygens (including phenoxy) is 1. The summed E-state index contributed by atoms with van der Waals surface area (Å²) in [7, 11) is 1.42. The molecule has 1 saturated carbocycles. The Morgan fingerprint density at radius 3 is 2.57 bits per heavy atom. The Balaban J connectivity index is 1.52. The average molecular weight is 317 g/mol. The van der Waals surface area contributed by atoms with Crippen LogP contribution in [0.5, 0.6) is 0 Å². The van der Waals surface area contributed by atoms with Crippen molar-refractivity contribution in [2.24, 2.45) is 11.3 Å². The molecular weight excluding hydrogens is 294 g/mol. The van der Waals surface area contributed by atoms with Crippen LogP contribution in [0.25, 0.3) is 0 Å². The first-order valence-electron chi connectivity index (χ1n) is 8.14. The van der Waals surface area contributed by atoms with Crippen LogP contribution >= 0.6 is 0 Å². The molecule has 1 spiro atoms. The minimum Gasteiger partial charge on any atom is -0.469 e. The van der Waals surface area contributed by atoms with E-state index in [9.17, 15) is 14.7 Å². The van der Waals surface area contributed by atoms with E-state index in [1.165, 1.54) is 7.11 Å². The van der Waals surface area contributed by atoms with Crippen molar-refractivity contribution >= 4 is 11.9 Å². The highest BCUT2D eigenvalue weighted by molar-refractivity contribution is 5.81. The average Bonchev–Trinajstić information content (AvgIpc) is 3.28. The monoisotopic (exact) mass is 317 g/mol. The van der Waals surface area contributed by atoms with Gasteiger partial charge >= 0.3 is 5.97 Å². The molecule has 2 aliphatic rings. The molecule has 1 heterocycles. The number of piperidine rings is 1. The zero-order valence-electron chi connectivity index (χ0n) is 13.4. The van der Waals surface area contributed by atoms with Gasteiger partial charge in [0.05, 0.1) is 13.0 Å². The highest BCUT2D eigenvalue weighted by atomic mass is 16.5. The van der Waals surface area contributed by atoms with Gasteiger partial charge in [-0.1, -0.05) is 30.3 Å². The number of nitrogens with zero attached hydrogens (tertiary/aromatic N) is 1. The molecule has 1 aromatic carbocycles. The second-order valence-electron chi connectivity index (χ2n) is 6.67. The summed E-state index contributed by atoms with van der Waals surface area (Å²) in [4.78, 5) is 25.7. The molecule has 1 amide bonds. The number of carbonyl (C=O) groups is 2. The molecule has 0 radical (unpaired) electrons. The van der Waals surface area contributed by atoms with Gasteiger partial charge in [0.25, 0.3) is 5.91 Å². The zero-order valence-corrected chi connectivity index (χ0v) is 13.4. The number of hydrogen-bond donors (Lipinski definition) is 1. The molecule has 124 valence electrons. The largest absolute Gasteiger partial charge is 0.469 e. The Morgan fingerprint density at radius 1 is 1.30 bits per heavy atom. The molecule has 0 aromatic heterocycles. The van der Waals surface area contributed by atoms with Crippen molar-refractivity contribution in [2.45, 2.75) is 31.8 Å². The molecule has 0 unspecified atom stereocenters. The van der Waals surface area contributed by atoms with Crippen LogP contribution in [0.3, 0.4) is 0 Å². The van der Waals surface area contributed by atoms with E-state index < -0.39 is 6.10 Å². The molecule has 23 heavy (non-hydrogen) atoms. The van der Waals surface area contributed by atoms with Crippen LogP contribution in [0.15, 0.2) is 30.3 Å². The predicted octanol–water partition coefficient (Wildman–Crippen LogP) is 1.39. The third kappa shape index (κ3) is 3.24. The van der Waals surface area contributed by atoms with Gasteiger partial charge in [0, 0.05) is 19.5 Å². The van der Waals surface area contributed by atoms with Crippen LogP contribution in [0.4, 0.5) is 0 Å². The van der Waals surface area contributed by atoms with E-state index in [1.807, 2.05) is 30.3 Å². The summed E-state index contributed by atoms with van der Waals surface area (Å²) < 4.78 is 4.82. The number of rotatable bonds is 4. The molecule has 2 atom stereocenters. The van der Waals surface area contributed by atoms with Crippen LogP contribution in [0.2, 0.25) is 0 Å². The van der Waals surface area contributed by atoms with E-state index in [2.05, 4.69) is 0 Å². The first kappa shape index (κ1) is 16.0. The third-order valence-electron chi connectivity index (χ3n) is 5.30. The normalized spacial score (nSPS) is 23.4. The summed E-state index contributed by atoms with van der Waals surface area (Å²) in [6.07, 6.45) is 1.84. The van der Waals surface area contributed by atoms with Gasteiger partial charge in [-0.2, -0.15) is 0 Å². The van der Waals surface area contributed by atoms with Gasteiger partial charge in [-0.3, -0.25) is 9.59 Å². The second-order valence-corrected chi connectivity index (χ2v) is 6.67. The molecular formula is C18H23NO4. The minimum atomic E-state index is -0.998. The number of benzene rings is 1. The minimum absolute atomic E-state index is 0.000931. The van der Waals surface area contributed by atoms with Crippen LogP contribution in [0, 0.1) is 11.3 Å². The molecule has 5 heteroatoms. The SMILES string of the molecule is COC(=O)[C@@H]1CC12CCN(C(=O)[C@@H](O)Cc1ccccc1)CC2. The molecule has 1 aromatic rings. The number of likely N-dealkylation sites (tertiary alicyclic amines) is 1. The smallest absolute Gasteiger partial charge is 0.309 e. The standard InChI is InChI=1S/C18H23NO4/c1-23-17(22)14-12-18(14)7-9-19(10-8-18)16(21)15(20)11-13-5-3-2-4-6-13/h2-6,14-15,20H,7-12H2,1H3/t14-,15-/m0/s1. The number of aliphatic hydroxyl groups is 1. The summed E-state index contributed by atoms with van der Waals surface area (Å²) in [6.45, 7) is 1.22. The highest BCUT2D eigenvalue weighted by Gasteiger charge is 2.59. The van der Waals surface area contributed by atoms with Crippen LogP contribution in [0.1, 0.15) is 24.8 Å². The van der Waals surface area contributed by atoms with Gasteiger partial charge in [0.1, 0.15) is 6.10 Å². The fourth-order valence-corrected chi connectivity index (χ4v) is 3.68. The maximum atomic E-state index is 12.4. The fraction of sp³-hybridized carbons (Fsp3) is 0.556. The lowest BCUT2D eigenvalue weighted by atomic mass is 9.90. The molecule has 0 bridgehead atoms. The van der Waals surface area contributed by atoms with Crippen molar-refractivity contribution in [1.29, 1.82) is 0 Å². The topological polar surface area (TPSA) is 66.8 Å². The number of amides is 1. The molecule has 2 fully saturated rings. The lowest BCUT2D eigenvalue weighted by Gasteiger charge is -2.34. The molecule has 1 saturated heterocycles. The molecule has 1 N–H and O–H groups in total. The van der Waals surface area contributed by atoms with Gasteiger partial charge in [-0.15, -0.1) is 0 Å². The van der Waals surface area contributed by atoms with Crippen LogP contribution in [-0.2, 0) is 20.7 Å². The van der Waals surface area contributed by atoms with E-state index in [0.29, 0.717) is 19.5 Å². The Kier molecular flexibility index (Phi) is 4.39. The number of carbonyl (C=O) groups excluding carboxylic acids is 2. The van der Waals surface area contributed by atoms with Crippen LogP contribution < -0.4 is 0 Å². The number of hydrogen-bond acceptors (Lipinski definition) is 4. The third-order valence-corrected chi connectivity index (χ3v) is 5.30. The van der Waals surface area contributed by atoms with Crippen molar-refractivity contribution in [3.8, 4) is 0 Å². The van der Waals surface area contributed by atoms with Crippen molar-refractivity contribution < 1.29 is 19.4 Å². The first-order valence-corrected chi connectivity index (χ1v) is 8.14. The lowest BCUT2D eigenvalue weighted by Crippen LogP contribution is -2.45. The second kappa shape index (κ2) is 6.32. The maximum Gasteiger partial charge on any atom is 0.309 e. The van der Waals surface area contributed by atoms with Gasteiger partial charge in [-0.05, 0) is 30.2 Å². The summed E-state index contributed by atoms with van der Waals surface area (Å²) in [5, 5.41) is 10.2. The summed E-state index contributed by atoms with van der Waals surface area (Å²) in [5.41, 5.74) is 0.989. The number of aliphatic hydroxyl groups excluding tert-OH is 1. The van der Waals surface area contributed by atoms with Crippen LogP contribution in [-0.4, -0.2) is 48.2 Å². The molecule has 3 rings (SSSR count). The van der Waals surface area contributed by atoms with E-state index in [4.69, 9.17) is 4.74 Å². The van der Waals surface area contributed by atoms with E-state index in [0.717, 1.165) is 24.8 Å². The van der Waals surface area contributed by atoms with E-state index in [-0.39, 0.29) is 23.2 Å². The van der Waals surface area contributed by atoms with Crippen molar-refractivity contribution in [1.82, 2.24) is 4.90 Å². The summed E-state index contributed by atoms with van der Waals surface area (Å²) in [6, 6.07) is 9.53. The van der Waals surface area contributed by atoms with Gasteiger partial charge in [0.2, 0.25) is 0 Å². The van der Waals surface area contributed by atoms with Gasteiger partial charge in [0.15, 0.2) is 0 Å². The summed E-state index contributed by atoms with van der Waals surface area (Å²) in [5.74, 6) is -0.341. The van der Waals surface area contributed by atoms with Gasteiger partial charge < -0.3 is 14.7 Å². The van der Waals surface area contributed by atoms with Gasteiger partial charge in [-0.25, -0.2) is 0 Å². The van der Waals surface area contributed by atoms with E-state index >= 15 is 0 Å². The Hall–Kier alpha value is -1.88. The number of esters is 1. The fourth-order valence-electron chi connectivity index (χ4n) is 3.68. The molecule has 1 aliphatic carbocycles. The predicted molar refractivity (Wildman–Crippen MR) is 84.5 cm³/mol. The number of methoxy groups -OCH3 is 1. The van der Waals surface area contributed by atoms with Crippen molar-refractivity contribution in [2.75, 3.05) is 20.2 Å². The van der Waals surface area contributed by atoms with Crippen molar-refractivity contribution in [3.63, 3.8) is 0 Å². The lowest BCUT2D eigenvalue weighted by molar-refractivity contribution is -0.144. The van der Waals surface area contributed by atoms with E-state index in [1.54, 1.807) is 4.90 Å².